The van der Waals surface area contributed by atoms with Gasteiger partial charge in [0.05, 0.1) is 0 Å². The van der Waals surface area contributed by atoms with Crippen molar-refractivity contribution in [2.75, 3.05) is 6.61 Å². The third-order valence-corrected chi connectivity index (χ3v) is 11.7. The summed E-state index contributed by atoms with van der Waals surface area (Å²) in [6.07, 6.45) is 12.3. The molecule has 0 aromatic carbocycles. The molecule has 0 heterocycles. The summed E-state index contributed by atoms with van der Waals surface area (Å²) in [7, 11) is 0. The first kappa shape index (κ1) is 21.9. The maximum absolute atomic E-state index is 10.1. The molecule has 1 nitrogen and oxygen atoms in total. The first-order chi connectivity index (χ1) is 13.6. The third-order valence-electron chi connectivity index (χ3n) is 11.7. The van der Waals surface area contributed by atoms with Gasteiger partial charge in [0, 0.05) is 6.61 Å². The van der Waals surface area contributed by atoms with E-state index < -0.39 is 0 Å². The van der Waals surface area contributed by atoms with E-state index in [1.165, 1.54) is 56.9 Å². The summed E-state index contributed by atoms with van der Waals surface area (Å²) < 4.78 is 0. The Morgan fingerprint density at radius 1 is 0.966 bits per heavy atom. The van der Waals surface area contributed by atoms with Crippen molar-refractivity contribution in [3.63, 3.8) is 0 Å². The fourth-order valence-electron chi connectivity index (χ4n) is 10.3. The second-order valence-electron chi connectivity index (χ2n) is 12.8. The summed E-state index contributed by atoms with van der Waals surface area (Å²) in [5.41, 5.74) is 2.65. The Morgan fingerprint density at radius 3 is 2.28 bits per heavy atom. The number of aliphatic hydroxyl groups excluding tert-OH is 1. The molecule has 0 amide bonds. The number of aliphatic hydroxyl groups is 1. The molecule has 9 atom stereocenters. The molecular formula is C28H48O. The van der Waals surface area contributed by atoms with Gasteiger partial charge in [0.1, 0.15) is 0 Å². The van der Waals surface area contributed by atoms with Crippen LogP contribution in [0, 0.1) is 57.7 Å². The molecule has 1 N–H and O–H groups in total. The van der Waals surface area contributed by atoms with Crippen LogP contribution in [-0.2, 0) is 0 Å². The van der Waals surface area contributed by atoms with Gasteiger partial charge < -0.3 is 5.11 Å². The zero-order valence-electron chi connectivity index (χ0n) is 20.3. The molecule has 1 heteroatoms. The van der Waals surface area contributed by atoms with Crippen LogP contribution >= 0.6 is 0 Å². The molecule has 0 spiro atoms. The highest BCUT2D eigenvalue weighted by atomic mass is 16.3. The molecule has 0 saturated heterocycles. The fraction of sp³-hybridized carbons (Fsp3) is 0.929. The van der Waals surface area contributed by atoms with Crippen molar-refractivity contribution in [3.05, 3.63) is 12.2 Å². The molecule has 166 valence electrons. The molecule has 0 bridgehead atoms. The monoisotopic (exact) mass is 400 g/mol. The average Bonchev–Trinajstić information content (AvgIpc) is 3.06. The van der Waals surface area contributed by atoms with Crippen LogP contribution in [0.4, 0.5) is 0 Å². The second-order valence-corrected chi connectivity index (χ2v) is 12.8. The molecule has 4 rings (SSSR count). The zero-order valence-corrected chi connectivity index (χ0v) is 20.3. The quantitative estimate of drug-likeness (QED) is 0.485. The molecule has 4 aliphatic carbocycles. The Balaban J connectivity index is 1.73. The van der Waals surface area contributed by atoms with E-state index in [4.69, 9.17) is 0 Å². The van der Waals surface area contributed by atoms with Crippen molar-refractivity contribution in [1.82, 2.24) is 0 Å². The van der Waals surface area contributed by atoms with Crippen LogP contribution in [-0.4, -0.2) is 11.7 Å². The van der Waals surface area contributed by atoms with Crippen molar-refractivity contribution in [2.24, 2.45) is 57.7 Å². The molecule has 0 radical (unpaired) electrons. The number of fused-ring (bicyclic) bond motifs is 5. The zero-order chi connectivity index (χ0) is 21.2. The molecular weight excluding hydrogens is 352 g/mol. The second kappa shape index (κ2) is 7.39. The van der Waals surface area contributed by atoms with Crippen molar-refractivity contribution in [3.8, 4) is 0 Å². The van der Waals surface area contributed by atoms with Crippen molar-refractivity contribution >= 4 is 0 Å². The largest absolute Gasteiger partial charge is 0.396 e. The van der Waals surface area contributed by atoms with Crippen molar-refractivity contribution < 1.29 is 5.11 Å². The number of allylic oxidation sites excluding steroid dienone is 1. The van der Waals surface area contributed by atoms with Crippen LogP contribution in [0.5, 0.6) is 0 Å². The van der Waals surface area contributed by atoms with Gasteiger partial charge in [-0.15, -0.1) is 0 Å². The molecule has 4 aliphatic rings. The molecule has 0 aliphatic heterocycles. The van der Waals surface area contributed by atoms with Gasteiger partial charge in [-0.2, -0.15) is 0 Å². The van der Waals surface area contributed by atoms with E-state index in [2.05, 4.69) is 48.1 Å². The van der Waals surface area contributed by atoms with Gasteiger partial charge in [0.25, 0.3) is 0 Å². The fourth-order valence-corrected chi connectivity index (χ4v) is 10.3. The van der Waals surface area contributed by atoms with Crippen LogP contribution in [0.3, 0.4) is 0 Å². The summed E-state index contributed by atoms with van der Waals surface area (Å²) in [4.78, 5) is 0. The maximum atomic E-state index is 10.1. The predicted octanol–water partition coefficient (Wildman–Crippen LogP) is 7.49. The van der Waals surface area contributed by atoms with E-state index in [-0.39, 0.29) is 0 Å². The third kappa shape index (κ3) is 2.95. The summed E-state index contributed by atoms with van der Waals surface area (Å²) >= 11 is 0. The molecule has 0 aromatic rings. The van der Waals surface area contributed by atoms with Gasteiger partial charge in [0.2, 0.25) is 0 Å². The Morgan fingerprint density at radius 2 is 1.66 bits per heavy atom. The number of hydrogen-bond acceptors (Lipinski definition) is 1. The van der Waals surface area contributed by atoms with Crippen molar-refractivity contribution in [2.45, 2.75) is 99.3 Å². The molecule has 4 saturated carbocycles. The molecule has 29 heavy (non-hydrogen) atoms. The Bertz CT molecular complexity index is 636. The maximum Gasteiger partial charge on any atom is 0.0436 e. The minimum absolute atomic E-state index is 0.296. The summed E-state index contributed by atoms with van der Waals surface area (Å²) in [5.74, 6) is 5.78. The van der Waals surface area contributed by atoms with Gasteiger partial charge in [-0.3, -0.25) is 0 Å². The van der Waals surface area contributed by atoms with Gasteiger partial charge in [-0.1, -0.05) is 46.8 Å². The van der Waals surface area contributed by atoms with Gasteiger partial charge in [-0.25, -0.2) is 0 Å². The minimum atomic E-state index is 0.296. The van der Waals surface area contributed by atoms with E-state index in [9.17, 15) is 5.11 Å². The molecule has 9 unspecified atom stereocenters. The Kier molecular flexibility index (Phi) is 5.58. The van der Waals surface area contributed by atoms with E-state index in [1.54, 1.807) is 0 Å². The summed E-state index contributed by atoms with van der Waals surface area (Å²) in [6.45, 7) is 19.9. The van der Waals surface area contributed by atoms with Gasteiger partial charge >= 0.3 is 0 Å². The van der Waals surface area contributed by atoms with Crippen LogP contribution in [0.15, 0.2) is 12.2 Å². The highest BCUT2D eigenvalue weighted by Crippen LogP contribution is 2.74. The highest BCUT2D eigenvalue weighted by Gasteiger charge is 2.66. The summed E-state index contributed by atoms with van der Waals surface area (Å²) in [5, 5.41) is 10.1. The first-order valence-electron chi connectivity index (χ1n) is 12.9. The lowest BCUT2D eigenvalue weighted by Gasteiger charge is -2.70. The number of rotatable bonds is 4. The van der Waals surface area contributed by atoms with Crippen LogP contribution in [0.1, 0.15) is 99.3 Å². The standard InChI is InChI=1S/C28H48O/c1-18(2)21-9-8-20-12-14-27(6)23(25(20)21)10-11-24-26(5,16-17-29)22(19(3)4)13-15-28(24,27)7/h19-25,29H,1,8-17H2,2-7H3. The SMILES string of the molecule is C=C(C)C1CCC2CCC3(C)C(CCC4C(C)(CCO)C(C(C)C)CCC43C)C21. The lowest BCUT2D eigenvalue weighted by molar-refractivity contribution is -0.213. The van der Waals surface area contributed by atoms with E-state index in [0.717, 1.165) is 47.8 Å². The van der Waals surface area contributed by atoms with E-state index >= 15 is 0 Å². The van der Waals surface area contributed by atoms with Crippen molar-refractivity contribution in [1.29, 1.82) is 0 Å². The van der Waals surface area contributed by atoms with E-state index in [0.29, 0.717) is 22.9 Å². The van der Waals surface area contributed by atoms with Crippen LogP contribution < -0.4 is 0 Å². The first-order valence-corrected chi connectivity index (χ1v) is 12.9. The highest BCUT2D eigenvalue weighted by molar-refractivity contribution is 5.17. The van der Waals surface area contributed by atoms with Crippen LogP contribution in [0.2, 0.25) is 0 Å². The van der Waals surface area contributed by atoms with E-state index in [1.807, 2.05) is 0 Å². The molecule has 4 fully saturated rings. The lowest BCUT2D eigenvalue weighted by atomic mass is 9.35. The Labute approximate surface area is 181 Å². The van der Waals surface area contributed by atoms with Gasteiger partial charge in [-0.05, 0) is 122 Å². The molecule has 0 aromatic heterocycles. The lowest BCUT2D eigenvalue weighted by Crippen LogP contribution is -2.63. The van der Waals surface area contributed by atoms with Gasteiger partial charge in [0.15, 0.2) is 0 Å². The number of hydrogen-bond donors (Lipinski definition) is 1. The topological polar surface area (TPSA) is 20.2 Å². The summed E-state index contributed by atoms with van der Waals surface area (Å²) in [6, 6.07) is 0. The van der Waals surface area contributed by atoms with Crippen LogP contribution in [0.25, 0.3) is 0 Å². The smallest absolute Gasteiger partial charge is 0.0436 e. The Hall–Kier alpha value is -0.300. The normalized spacial score (nSPS) is 52.0. The predicted molar refractivity (Wildman–Crippen MR) is 124 cm³/mol. The average molecular weight is 401 g/mol. The minimum Gasteiger partial charge on any atom is -0.396 e.